The van der Waals surface area contributed by atoms with Crippen molar-refractivity contribution in [2.75, 3.05) is 0 Å². The van der Waals surface area contributed by atoms with Crippen molar-refractivity contribution in [3.63, 3.8) is 0 Å². The molecule has 0 amide bonds. The first-order chi connectivity index (χ1) is 7.54. The second-order valence-corrected chi connectivity index (χ2v) is 3.30. The van der Waals surface area contributed by atoms with Gasteiger partial charge in [-0.2, -0.15) is 5.26 Å². The van der Waals surface area contributed by atoms with Crippen LogP contribution < -0.4 is 0 Å². The lowest BCUT2D eigenvalue weighted by atomic mass is 10.0. The average Bonchev–Trinajstić information content (AvgIpc) is 2.22. The lowest BCUT2D eigenvalue weighted by molar-refractivity contribution is -0.114. The van der Waals surface area contributed by atoms with Crippen LogP contribution in [0.3, 0.4) is 0 Å². The number of ketones is 1. The van der Waals surface area contributed by atoms with Crippen molar-refractivity contribution in [3.8, 4) is 6.07 Å². The van der Waals surface area contributed by atoms with Gasteiger partial charge < -0.3 is 5.11 Å². The summed E-state index contributed by atoms with van der Waals surface area (Å²) in [6.07, 6.45) is -0.0267. The molecule has 0 saturated carbocycles. The number of Topliss-reactive ketones (excluding diaryl/α,β-unsaturated/α-hetero) is 1. The van der Waals surface area contributed by atoms with Gasteiger partial charge in [0.2, 0.25) is 0 Å². The Labute approximate surface area is 92.4 Å². The van der Waals surface area contributed by atoms with Crippen molar-refractivity contribution in [3.05, 3.63) is 47.0 Å². The van der Waals surface area contributed by atoms with E-state index in [1.807, 2.05) is 0 Å². The van der Waals surface area contributed by atoms with Crippen LogP contribution in [-0.2, 0) is 11.2 Å². The third kappa shape index (κ3) is 2.92. The number of hydrogen-bond donors (Lipinski definition) is 1. The number of rotatable bonds is 3. The predicted octanol–water partition coefficient (Wildman–Crippen LogP) is 2.29. The molecule has 1 aromatic carbocycles. The van der Waals surface area contributed by atoms with E-state index in [0.29, 0.717) is 5.56 Å². The van der Waals surface area contributed by atoms with Crippen LogP contribution in [0.1, 0.15) is 12.5 Å². The molecule has 0 spiro atoms. The molecular weight excluding hydrogens is 209 g/mol. The summed E-state index contributed by atoms with van der Waals surface area (Å²) in [4.78, 5) is 11.5. The number of nitriles is 1. The molecular formula is C12H10FNO2. The fourth-order valence-corrected chi connectivity index (χ4v) is 1.22. The molecule has 1 N–H and O–H groups in total. The molecule has 82 valence electrons. The highest BCUT2D eigenvalue weighted by molar-refractivity contribution is 6.00. The Morgan fingerprint density at radius 3 is 2.44 bits per heavy atom. The van der Waals surface area contributed by atoms with Crippen molar-refractivity contribution in [2.24, 2.45) is 0 Å². The molecule has 0 radical (unpaired) electrons. The molecule has 4 heteroatoms. The number of nitrogens with zero attached hydrogens (tertiary/aromatic N) is 1. The molecule has 0 heterocycles. The third-order valence-electron chi connectivity index (χ3n) is 2.03. The summed E-state index contributed by atoms with van der Waals surface area (Å²) in [5.74, 6) is -1.16. The number of aliphatic hydroxyl groups is 1. The van der Waals surface area contributed by atoms with Crippen molar-refractivity contribution >= 4 is 5.78 Å². The number of carbonyl (C=O) groups is 1. The standard InChI is InChI=1S/C12H10FNO2/c1-8(15)11(7-14)12(16)6-9-2-4-10(13)5-3-9/h2-5,15H,6H2,1H3. The topological polar surface area (TPSA) is 61.1 Å². The normalized spacial score (nSPS) is 11.6. The molecule has 0 aliphatic carbocycles. The number of halogens is 1. The highest BCUT2D eigenvalue weighted by Gasteiger charge is 2.12. The van der Waals surface area contributed by atoms with Crippen LogP contribution in [-0.4, -0.2) is 10.9 Å². The fourth-order valence-electron chi connectivity index (χ4n) is 1.22. The van der Waals surface area contributed by atoms with Crippen LogP contribution in [0.5, 0.6) is 0 Å². The van der Waals surface area contributed by atoms with Crippen molar-refractivity contribution in [1.82, 2.24) is 0 Å². The van der Waals surface area contributed by atoms with Crippen LogP contribution in [0.15, 0.2) is 35.6 Å². The minimum atomic E-state index is -0.478. The monoisotopic (exact) mass is 219 g/mol. The van der Waals surface area contributed by atoms with E-state index < -0.39 is 5.78 Å². The van der Waals surface area contributed by atoms with Gasteiger partial charge in [-0.05, 0) is 24.6 Å². The molecule has 0 atom stereocenters. The Morgan fingerprint density at radius 2 is 2.00 bits per heavy atom. The Morgan fingerprint density at radius 1 is 1.44 bits per heavy atom. The number of aliphatic hydroxyl groups excluding tert-OH is 1. The molecule has 0 aliphatic heterocycles. The smallest absolute Gasteiger partial charge is 0.181 e. The van der Waals surface area contributed by atoms with Crippen LogP contribution >= 0.6 is 0 Å². The van der Waals surface area contributed by atoms with E-state index in [2.05, 4.69) is 0 Å². The average molecular weight is 219 g/mol. The predicted molar refractivity (Wildman–Crippen MR) is 56.1 cm³/mol. The van der Waals surface area contributed by atoms with Gasteiger partial charge in [0, 0.05) is 6.42 Å². The summed E-state index contributed by atoms with van der Waals surface area (Å²) in [6, 6.07) is 7.05. The van der Waals surface area contributed by atoms with Crippen LogP contribution in [0, 0.1) is 17.1 Å². The van der Waals surface area contributed by atoms with E-state index >= 15 is 0 Å². The highest BCUT2D eigenvalue weighted by atomic mass is 19.1. The molecule has 0 aliphatic rings. The van der Waals surface area contributed by atoms with E-state index in [4.69, 9.17) is 10.4 Å². The maximum absolute atomic E-state index is 12.6. The number of hydrogen-bond acceptors (Lipinski definition) is 3. The molecule has 1 aromatic rings. The highest BCUT2D eigenvalue weighted by Crippen LogP contribution is 2.09. The first kappa shape index (κ1) is 11.9. The summed E-state index contributed by atoms with van der Waals surface area (Å²) in [5.41, 5.74) is 0.338. The summed E-state index contributed by atoms with van der Waals surface area (Å²) < 4.78 is 12.6. The Balaban J connectivity index is 2.84. The van der Waals surface area contributed by atoms with E-state index in [1.54, 1.807) is 6.07 Å². The summed E-state index contributed by atoms with van der Waals surface area (Å²) in [6.45, 7) is 1.28. The van der Waals surface area contributed by atoms with E-state index in [1.165, 1.54) is 31.2 Å². The zero-order valence-corrected chi connectivity index (χ0v) is 8.70. The Hall–Kier alpha value is -2.15. The van der Waals surface area contributed by atoms with Gasteiger partial charge in [-0.15, -0.1) is 0 Å². The molecule has 1 rings (SSSR count). The maximum Gasteiger partial charge on any atom is 0.181 e. The lowest BCUT2D eigenvalue weighted by Gasteiger charge is -2.00. The third-order valence-corrected chi connectivity index (χ3v) is 2.03. The number of allylic oxidation sites excluding steroid dienone is 2. The molecule has 0 unspecified atom stereocenters. The lowest BCUT2D eigenvalue weighted by Crippen LogP contribution is -2.07. The first-order valence-corrected chi connectivity index (χ1v) is 4.62. The van der Waals surface area contributed by atoms with Gasteiger partial charge in [0.1, 0.15) is 23.2 Å². The van der Waals surface area contributed by atoms with Gasteiger partial charge in [-0.3, -0.25) is 4.79 Å². The summed E-state index contributed by atoms with van der Waals surface area (Å²) >= 11 is 0. The van der Waals surface area contributed by atoms with Crippen LogP contribution in [0.25, 0.3) is 0 Å². The maximum atomic E-state index is 12.6. The first-order valence-electron chi connectivity index (χ1n) is 4.62. The number of benzene rings is 1. The zero-order chi connectivity index (χ0) is 12.1. The molecule has 0 bridgehead atoms. The Bertz CT molecular complexity index is 465. The van der Waals surface area contributed by atoms with Crippen LogP contribution in [0.2, 0.25) is 0 Å². The molecule has 16 heavy (non-hydrogen) atoms. The SMILES string of the molecule is CC(O)=C(C#N)C(=O)Cc1ccc(F)cc1. The van der Waals surface area contributed by atoms with Crippen molar-refractivity contribution in [2.45, 2.75) is 13.3 Å². The van der Waals surface area contributed by atoms with Crippen LogP contribution in [0.4, 0.5) is 4.39 Å². The van der Waals surface area contributed by atoms with Crippen molar-refractivity contribution < 1.29 is 14.3 Å². The van der Waals surface area contributed by atoms with E-state index in [-0.39, 0.29) is 23.6 Å². The van der Waals surface area contributed by atoms with E-state index in [9.17, 15) is 9.18 Å². The minimum Gasteiger partial charge on any atom is -0.511 e. The zero-order valence-electron chi connectivity index (χ0n) is 8.70. The second kappa shape index (κ2) is 5.08. The Kier molecular flexibility index (Phi) is 3.78. The summed E-state index contributed by atoms with van der Waals surface area (Å²) in [5, 5.41) is 17.7. The largest absolute Gasteiger partial charge is 0.511 e. The quantitative estimate of drug-likeness (QED) is 0.482. The molecule has 0 fully saturated rings. The molecule has 0 saturated heterocycles. The minimum absolute atomic E-state index is 0.0267. The van der Waals surface area contributed by atoms with Gasteiger partial charge >= 0.3 is 0 Å². The second-order valence-electron chi connectivity index (χ2n) is 3.30. The summed E-state index contributed by atoms with van der Waals surface area (Å²) in [7, 11) is 0. The number of carbonyl (C=O) groups excluding carboxylic acids is 1. The molecule has 0 aromatic heterocycles. The van der Waals surface area contributed by atoms with E-state index in [0.717, 1.165) is 0 Å². The van der Waals surface area contributed by atoms with Gasteiger partial charge in [0.15, 0.2) is 5.78 Å². The van der Waals surface area contributed by atoms with Crippen molar-refractivity contribution in [1.29, 1.82) is 5.26 Å². The van der Waals surface area contributed by atoms with Gasteiger partial charge in [0.25, 0.3) is 0 Å². The van der Waals surface area contributed by atoms with Gasteiger partial charge in [-0.25, -0.2) is 4.39 Å². The molecule has 3 nitrogen and oxygen atoms in total. The van der Waals surface area contributed by atoms with Gasteiger partial charge in [-0.1, -0.05) is 12.1 Å². The fraction of sp³-hybridized carbons (Fsp3) is 0.167. The van der Waals surface area contributed by atoms with Gasteiger partial charge in [0.05, 0.1) is 0 Å².